The number of aryl methyl sites for hydroxylation is 2. The summed E-state index contributed by atoms with van der Waals surface area (Å²) in [6.45, 7) is 5.65. The minimum atomic E-state index is -0.228. The van der Waals surface area contributed by atoms with Gasteiger partial charge in [0.1, 0.15) is 11.6 Å². The van der Waals surface area contributed by atoms with Crippen molar-refractivity contribution in [3.8, 4) is 11.4 Å². The average molecular weight is 245 g/mol. The summed E-state index contributed by atoms with van der Waals surface area (Å²) in [6.07, 6.45) is 0.806. The van der Waals surface area contributed by atoms with E-state index < -0.39 is 0 Å². The summed E-state index contributed by atoms with van der Waals surface area (Å²) in [5.74, 6) is 0.820. The predicted octanol–water partition coefficient (Wildman–Crippen LogP) is 3.04. The molecule has 0 aliphatic rings. The van der Waals surface area contributed by atoms with Crippen LogP contribution in [0.2, 0.25) is 0 Å². The number of nitrogen functional groups attached to an aromatic ring is 1. The van der Waals surface area contributed by atoms with E-state index in [0.29, 0.717) is 17.2 Å². The van der Waals surface area contributed by atoms with E-state index in [2.05, 4.69) is 9.97 Å². The summed E-state index contributed by atoms with van der Waals surface area (Å²) < 4.78 is 13.2. The number of hydrogen-bond acceptors (Lipinski definition) is 3. The highest BCUT2D eigenvalue weighted by molar-refractivity contribution is 5.59. The quantitative estimate of drug-likeness (QED) is 0.884. The maximum Gasteiger partial charge on any atom is 0.161 e. The fourth-order valence-electron chi connectivity index (χ4n) is 1.97. The lowest BCUT2D eigenvalue weighted by Gasteiger charge is -2.09. The number of rotatable bonds is 2. The molecule has 0 fully saturated rings. The highest BCUT2D eigenvalue weighted by Gasteiger charge is 2.10. The van der Waals surface area contributed by atoms with E-state index in [9.17, 15) is 4.39 Å². The van der Waals surface area contributed by atoms with Gasteiger partial charge in [-0.05, 0) is 44.0 Å². The van der Waals surface area contributed by atoms with Crippen molar-refractivity contribution in [2.24, 2.45) is 0 Å². The minimum Gasteiger partial charge on any atom is -0.383 e. The van der Waals surface area contributed by atoms with Crippen LogP contribution in [-0.2, 0) is 6.42 Å². The van der Waals surface area contributed by atoms with Gasteiger partial charge in [0.05, 0.1) is 0 Å². The van der Waals surface area contributed by atoms with Crippen LogP contribution in [0.25, 0.3) is 11.4 Å². The van der Waals surface area contributed by atoms with Crippen molar-refractivity contribution in [2.75, 3.05) is 5.73 Å². The van der Waals surface area contributed by atoms with Crippen molar-refractivity contribution in [3.05, 3.63) is 40.8 Å². The van der Waals surface area contributed by atoms with Gasteiger partial charge in [-0.2, -0.15) is 0 Å². The SMILES string of the molecule is CCc1c(C)nc(-c2ccc(F)c(C)c2)nc1N. The lowest BCUT2D eigenvalue weighted by atomic mass is 10.1. The maximum absolute atomic E-state index is 13.2. The second kappa shape index (κ2) is 4.72. The van der Waals surface area contributed by atoms with Crippen molar-refractivity contribution in [1.29, 1.82) is 0 Å². The zero-order valence-corrected chi connectivity index (χ0v) is 10.8. The molecule has 0 unspecified atom stereocenters. The zero-order valence-electron chi connectivity index (χ0n) is 10.8. The molecule has 0 aliphatic heterocycles. The fourth-order valence-corrected chi connectivity index (χ4v) is 1.97. The molecular weight excluding hydrogens is 229 g/mol. The van der Waals surface area contributed by atoms with Gasteiger partial charge in [0.25, 0.3) is 0 Å². The first-order chi connectivity index (χ1) is 8.52. The van der Waals surface area contributed by atoms with E-state index in [1.54, 1.807) is 19.1 Å². The number of nitrogens with two attached hydrogens (primary N) is 1. The normalized spacial score (nSPS) is 10.7. The van der Waals surface area contributed by atoms with Crippen LogP contribution in [0.15, 0.2) is 18.2 Å². The van der Waals surface area contributed by atoms with Crippen molar-refractivity contribution in [1.82, 2.24) is 9.97 Å². The van der Waals surface area contributed by atoms with Crippen molar-refractivity contribution < 1.29 is 4.39 Å². The van der Waals surface area contributed by atoms with Crippen LogP contribution in [0.5, 0.6) is 0 Å². The first-order valence-corrected chi connectivity index (χ1v) is 5.92. The molecule has 2 N–H and O–H groups in total. The minimum absolute atomic E-state index is 0.228. The Bertz CT molecular complexity index is 571. The van der Waals surface area contributed by atoms with Crippen LogP contribution in [0, 0.1) is 19.7 Å². The Kier molecular flexibility index (Phi) is 3.28. The maximum atomic E-state index is 13.2. The molecule has 0 atom stereocenters. The van der Waals surface area contributed by atoms with Crippen molar-refractivity contribution in [3.63, 3.8) is 0 Å². The van der Waals surface area contributed by atoms with E-state index in [-0.39, 0.29) is 5.82 Å². The summed E-state index contributed by atoms with van der Waals surface area (Å²) in [4.78, 5) is 8.72. The molecule has 1 aromatic carbocycles. The Balaban J connectivity index is 2.54. The van der Waals surface area contributed by atoms with Crippen molar-refractivity contribution in [2.45, 2.75) is 27.2 Å². The molecule has 0 aliphatic carbocycles. The standard InChI is InChI=1S/C14H16FN3/c1-4-11-9(3)17-14(18-13(11)16)10-5-6-12(15)8(2)7-10/h5-7H,4H2,1-3H3,(H2,16,17,18). The number of anilines is 1. The van der Waals surface area contributed by atoms with Gasteiger partial charge in [0.15, 0.2) is 5.82 Å². The van der Waals surface area contributed by atoms with Gasteiger partial charge in [-0.15, -0.1) is 0 Å². The Labute approximate surface area is 106 Å². The molecular formula is C14H16FN3. The third-order valence-electron chi connectivity index (χ3n) is 3.02. The average Bonchev–Trinajstić information content (AvgIpc) is 2.32. The van der Waals surface area contributed by atoms with E-state index in [1.807, 2.05) is 13.8 Å². The molecule has 2 aromatic rings. The van der Waals surface area contributed by atoms with Gasteiger partial charge in [-0.25, -0.2) is 14.4 Å². The monoisotopic (exact) mass is 245 g/mol. The lowest BCUT2D eigenvalue weighted by molar-refractivity contribution is 0.618. The molecule has 4 heteroatoms. The number of benzene rings is 1. The smallest absolute Gasteiger partial charge is 0.161 e. The summed E-state index contributed by atoms with van der Waals surface area (Å²) in [5, 5.41) is 0. The van der Waals surface area contributed by atoms with E-state index in [4.69, 9.17) is 5.73 Å². The van der Waals surface area contributed by atoms with Gasteiger partial charge >= 0.3 is 0 Å². The molecule has 3 nitrogen and oxygen atoms in total. The van der Waals surface area contributed by atoms with Gasteiger partial charge in [-0.3, -0.25) is 0 Å². The summed E-state index contributed by atoms with van der Waals surface area (Å²) >= 11 is 0. The molecule has 0 radical (unpaired) electrons. The van der Waals surface area contributed by atoms with Crippen LogP contribution in [0.3, 0.4) is 0 Å². The largest absolute Gasteiger partial charge is 0.383 e. The molecule has 2 rings (SSSR count). The summed E-state index contributed by atoms with van der Waals surface area (Å²) in [6, 6.07) is 4.82. The first kappa shape index (κ1) is 12.5. The van der Waals surface area contributed by atoms with Crippen LogP contribution in [-0.4, -0.2) is 9.97 Å². The van der Waals surface area contributed by atoms with Gasteiger partial charge in [0.2, 0.25) is 0 Å². The van der Waals surface area contributed by atoms with Crippen LogP contribution < -0.4 is 5.73 Å². The highest BCUT2D eigenvalue weighted by atomic mass is 19.1. The second-order valence-corrected chi connectivity index (χ2v) is 4.31. The summed E-state index contributed by atoms with van der Waals surface area (Å²) in [7, 11) is 0. The van der Waals surface area contributed by atoms with Crippen LogP contribution in [0.4, 0.5) is 10.2 Å². The molecule has 94 valence electrons. The van der Waals surface area contributed by atoms with E-state index >= 15 is 0 Å². The molecule has 0 spiro atoms. The number of halogens is 1. The van der Waals surface area contributed by atoms with Crippen LogP contribution >= 0.6 is 0 Å². The number of aromatic nitrogens is 2. The van der Waals surface area contributed by atoms with E-state index in [1.165, 1.54) is 6.07 Å². The lowest BCUT2D eigenvalue weighted by Crippen LogP contribution is -2.04. The Morgan fingerprint density at radius 2 is 1.94 bits per heavy atom. The van der Waals surface area contributed by atoms with Gasteiger partial charge in [-0.1, -0.05) is 6.92 Å². The molecule has 18 heavy (non-hydrogen) atoms. The fraction of sp³-hybridized carbons (Fsp3) is 0.286. The van der Waals surface area contributed by atoms with Crippen LogP contribution in [0.1, 0.15) is 23.7 Å². The predicted molar refractivity (Wildman–Crippen MR) is 70.7 cm³/mol. The van der Waals surface area contributed by atoms with E-state index in [0.717, 1.165) is 23.2 Å². The zero-order chi connectivity index (χ0) is 13.3. The third kappa shape index (κ3) is 2.18. The molecule has 0 saturated heterocycles. The molecule has 1 heterocycles. The molecule has 0 saturated carbocycles. The van der Waals surface area contributed by atoms with Crippen molar-refractivity contribution >= 4 is 5.82 Å². The topological polar surface area (TPSA) is 51.8 Å². The second-order valence-electron chi connectivity index (χ2n) is 4.31. The molecule has 0 amide bonds. The first-order valence-electron chi connectivity index (χ1n) is 5.92. The highest BCUT2D eigenvalue weighted by Crippen LogP contribution is 2.22. The Morgan fingerprint density at radius 1 is 1.22 bits per heavy atom. The Hall–Kier alpha value is -1.97. The van der Waals surface area contributed by atoms with Gasteiger partial charge < -0.3 is 5.73 Å². The van der Waals surface area contributed by atoms with Gasteiger partial charge in [0, 0.05) is 16.8 Å². The number of nitrogens with zero attached hydrogens (tertiary/aromatic N) is 2. The third-order valence-corrected chi connectivity index (χ3v) is 3.02. The molecule has 1 aromatic heterocycles. The number of hydrogen-bond donors (Lipinski definition) is 1. The Morgan fingerprint density at radius 3 is 2.50 bits per heavy atom. The molecule has 0 bridgehead atoms. The summed E-state index contributed by atoms with van der Waals surface area (Å²) in [5.41, 5.74) is 9.12.